The number of carbonyl (C=O) groups is 1. The molecule has 1 amide bonds. The maximum atomic E-state index is 12.4. The monoisotopic (exact) mass is 390 g/mol. The fraction of sp³-hybridized carbons (Fsp3) is 0.176. The standard InChI is InChI=1S/C17H15BrN2O2S/c1-22-15-7-6-12(10-13(15)18)16(21)19-17(23)20-9-8-11-4-2-3-5-14(11)20/h2-7,10H,8-9H2,1H3,(H,19,21,23). The van der Waals surface area contributed by atoms with E-state index in [1.165, 1.54) is 5.56 Å². The Morgan fingerprint density at radius 3 is 2.83 bits per heavy atom. The lowest BCUT2D eigenvalue weighted by molar-refractivity contribution is 0.0977. The van der Waals surface area contributed by atoms with Crippen LogP contribution < -0.4 is 15.0 Å². The third kappa shape index (κ3) is 3.23. The molecule has 2 aromatic rings. The van der Waals surface area contributed by atoms with Gasteiger partial charge in [-0.1, -0.05) is 18.2 Å². The molecule has 3 rings (SSSR count). The molecule has 1 aliphatic rings. The molecule has 0 radical (unpaired) electrons. The van der Waals surface area contributed by atoms with Gasteiger partial charge in [-0.2, -0.15) is 0 Å². The molecule has 1 heterocycles. The van der Waals surface area contributed by atoms with E-state index in [1.807, 2.05) is 23.1 Å². The van der Waals surface area contributed by atoms with Crippen molar-refractivity contribution in [1.29, 1.82) is 0 Å². The zero-order valence-corrected chi connectivity index (χ0v) is 14.9. The molecule has 2 aromatic carbocycles. The van der Waals surface area contributed by atoms with Crippen LogP contribution in [0.25, 0.3) is 0 Å². The number of para-hydroxylation sites is 1. The molecule has 0 unspecified atom stereocenters. The average molecular weight is 391 g/mol. The Morgan fingerprint density at radius 2 is 2.09 bits per heavy atom. The number of amides is 1. The van der Waals surface area contributed by atoms with Gasteiger partial charge < -0.3 is 9.64 Å². The fourth-order valence-corrected chi connectivity index (χ4v) is 3.42. The molecule has 1 aliphatic heterocycles. The Bertz CT molecular complexity index is 779. The highest BCUT2D eigenvalue weighted by Gasteiger charge is 2.23. The van der Waals surface area contributed by atoms with Crippen molar-refractivity contribution in [2.45, 2.75) is 6.42 Å². The maximum Gasteiger partial charge on any atom is 0.257 e. The molecule has 0 bridgehead atoms. The number of hydrogen-bond acceptors (Lipinski definition) is 3. The summed E-state index contributed by atoms with van der Waals surface area (Å²) in [6, 6.07) is 13.3. The van der Waals surface area contributed by atoms with Crippen LogP contribution in [0.4, 0.5) is 5.69 Å². The van der Waals surface area contributed by atoms with E-state index in [-0.39, 0.29) is 5.91 Å². The molecular formula is C17H15BrN2O2S. The molecule has 6 heteroatoms. The van der Waals surface area contributed by atoms with E-state index in [4.69, 9.17) is 17.0 Å². The first-order valence-corrected chi connectivity index (χ1v) is 8.34. The Hall–Kier alpha value is -1.92. The number of ether oxygens (including phenoxy) is 1. The molecule has 0 saturated heterocycles. The fourth-order valence-electron chi connectivity index (χ4n) is 2.59. The number of fused-ring (bicyclic) bond motifs is 1. The number of rotatable bonds is 2. The van der Waals surface area contributed by atoms with Crippen molar-refractivity contribution in [3.05, 3.63) is 58.1 Å². The van der Waals surface area contributed by atoms with E-state index < -0.39 is 0 Å². The summed E-state index contributed by atoms with van der Waals surface area (Å²) in [5.74, 6) is 0.445. The van der Waals surface area contributed by atoms with Crippen molar-refractivity contribution in [2.24, 2.45) is 0 Å². The molecule has 0 spiro atoms. The molecule has 0 atom stereocenters. The second-order valence-corrected chi connectivity index (χ2v) is 6.38. The number of anilines is 1. The number of nitrogens with one attached hydrogen (secondary N) is 1. The highest BCUT2D eigenvalue weighted by Crippen LogP contribution is 2.28. The van der Waals surface area contributed by atoms with Gasteiger partial charge in [0.1, 0.15) is 5.75 Å². The third-order valence-corrected chi connectivity index (χ3v) is 4.71. The van der Waals surface area contributed by atoms with Gasteiger partial charge in [0.15, 0.2) is 5.11 Å². The van der Waals surface area contributed by atoms with Crippen molar-refractivity contribution in [2.75, 3.05) is 18.6 Å². The van der Waals surface area contributed by atoms with Crippen molar-refractivity contribution < 1.29 is 9.53 Å². The van der Waals surface area contributed by atoms with E-state index in [1.54, 1.807) is 25.3 Å². The van der Waals surface area contributed by atoms with Crippen molar-refractivity contribution in [3.63, 3.8) is 0 Å². The van der Waals surface area contributed by atoms with Crippen LogP contribution in [0.5, 0.6) is 5.75 Å². The summed E-state index contributed by atoms with van der Waals surface area (Å²) in [5, 5.41) is 3.22. The van der Waals surface area contributed by atoms with Crippen molar-refractivity contribution in [1.82, 2.24) is 5.32 Å². The third-order valence-electron chi connectivity index (χ3n) is 3.77. The second kappa shape index (κ2) is 6.68. The number of benzene rings is 2. The molecule has 4 nitrogen and oxygen atoms in total. The van der Waals surface area contributed by atoms with Crippen molar-refractivity contribution >= 4 is 44.9 Å². The molecule has 0 aliphatic carbocycles. The number of carbonyl (C=O) groups excluding carboxylic acids is 1. The largest absolute Gasteiger partial charge is 0.496 e. The summed E-state index contributed by atoms with van der Waals surface area (Å²) in [4.78, 5) is 14.3. The SMILES string of the molecule is COc1ccc(C(=O)NC(=S)N2CCc3ccccc32)cc1Br. The molecule has 0 aromatic heterocycles. The molecule has 0 fully saturated rings. The predicted octanol–water partition coefficient (Wildman–Crippen LogP) is 3.54. The Labute approximate surface area is 148 Å². The zero-order valence-electron chi connectivity index (χ0n) is 12.5. The number of halogens is 1. The molecule has 0 saturated carbocycles. The van der Waals surface area contributed by atoms with Gasteiger partial charge in [-0.05, 0) is 64.4 Å². The minimum Gasteiger partial charge on any atom is -0.496 e. The van der Waals surface area contributed by atoms with E-state index in [2.05, 4.69) is 27.3 Å². The van der Waals surface area contributed by atoms with Crippen LogP contribution in [-0.2, 0) is 6.42 Å². The summed E-state index contributed by atoms with van der Waals surface area (Å²) in [6.45, 7) is 0.783. The molecular weight excluding hydrogens is 376 g/mol. The lowest BCUT2D eigenvalue weighted by Crippen LogP contribution is -2.41. The lowest BCUT2D eigenvalue weighted by Gasteiger charge is -2.20. The Morgan fingerprint density at radius 1 is 1.30 bits per heavy atom. The highest BCUT2D eigenvalue weighted by atomic mass is 79.9. The van der Waals surface area contributed by atoms with Gasteiger partial charge in [0.2, 0.25) is 0 Å². The van der Waals surface area contributed by atoms with Gasteiger partial charge >= 0.3 is 0 Å². The van der Waals surface area contributed by atoms with Gasteiger partial charge in [0, 0.05) is 17.8 Å². The smallest absolute Gasteiger partial charge is 0.257 e. The molecule has 118 valence electrons. The first-order valence-electron chi connectivity index (χ1n) is 7.14. The summed E-state index contributed by atoms with van der Waals surface area (Å²) >= 11 is 8.79. The van der Waals surface area contributed by atoms with Gasteiger partial charge in [-0.3, -0.25) is 10.1 Å². The van der Waals surface area contributed by atoms with Crippen LogP contribution >= 0.6 is 28.1 Å². The van der Waals surface area contributed by atoms with Crippen LogP contribution in [0, 0.1) is 0 Å². The van der Waals surface area contributed by atoms with E-state index in [0.717, 1.165) is 23.1 Å². The average Bonchev–Trinajstić information content (AvgIpc) is 2.98. The molecule has 1 N–H and O–H groups in total. The van der Waals surface area contributed by atoms with Gasteiger partial charge in [-0.15, -0.1) is 0 Å². The topological polar surface area (TPSA) is 41.6 Å². The Kier molecular flexibility index (Phi) is 4.63. The zero-order chi connectivity index (χ0) is 16.4. The van der Waals surface area contributed by atoms with Crippen LogP contribution in [0.15, 0.2) is 46.9 Å². The first kappa shape index (κ1) is 16.0. The van der Waals surface area contributed by atoms with Crippen molar-refractivity contribution in [3.8, 4) is 5.75 Å². The minimum absolute atomic E-state index is 0.234. The van der Waals surface area contributed by atoms with E-state index in [9.17, 15) is 4.79 Å². The van der Waals surface area contributed by atoms with Gasteiger partial charge in [0.25, 0.3) is 5.91 Å². The number of thiocarbonyl (C=S) groups is 1. The summed E-state index contributed by atoms with van der Waals surface area (Å²) in [6.07, 6.45) is 0.931. The highest BCUT2D eigenvalue weighted by molar-refractivity contribution is 9.10. The van der Waals surface area contributed by atoms with E-state index >= 15 is 0 Å². The summed E-state index contributed by atoms with van der Waals surface area (Å²) in [7, 11) is 1.58. The quantitative estimate of drug-likeness (QED) is 0.796. The number of methoxy groups -OCH3 is 1. The number of nitrogens with zero attached hydrogens (tertiary/aromatic N) is 1. The summed E-state index contributed by atoms with van der Waals surface area (Å²) < 4.78 is 5.90. The summed E-state index contributed by atoms with van der Waals surface area (Å²) in [5.41, 5.74) is 2.83. The normalized spacial score (nSPS) is 12.7. The molecule has 23 heavy (non-hydrogen) atoms. The van der Waals surface area contributed by atoms with Crippen LogP contribution in [0.3, 0.4) is 0 Å². The minimum atomic E-state index is -0.234. The van der Waals surface area contributed by atoms with Gasteiger partial charge in [-0.25, -0.2) is 0 Å². The Balaban J connectivity index is 1.73. The van der Waals surface area contributed by atoms with Crippen LogP contribution in [0.1, 0.15) is 15.9 Å². The number of hydrogen-bond donors (Lipinski definition) is 1. The maximum absolute atomic E-state index is 12.4. The van der Waals surface area contributed by atoms with Crippen LogP contribution in [0.2, 0.25) is 0 Å². The van der Waals surface area contributed by atoms with E-state index in [0.29, 0.717) is 16.4 Å². The lowest BCUT2D eigenvalue weighted by atomic mass is 10.2. The van der Waals surface area contributed by atoms with Gasteiger partial charge in [0.05, 0.1) is 11.6 Å². The first-order chi connectivity index (χ1) is 11.1. The second-order valence-electron chi connectivity index (χ2n) is 5.14. The predicted molar refractivity (Wildman–Crippen MR) is 98.3 cm³/mol. The van der Waals surface area contributed by atoms with Crippen LogP contribution in [-0.4, -0.2) is 24.7 Å².